The van der Waals surface area contributed by atoms with Gasteiger partial charge < -0.3 is 10.1 Å². The van der Waals surface area contributed by atoms with Crippen molar-refractivity contribution in [3.05, 3.63) is 22.5 Å². The van der Waals surface area contributed by atoms with Crippen LogP contribution in [0, 0.1) is 20.8 Å². The number of H-pyrrole nitrogens is 1. The van der Waals surface area contributed by atoms with Gasteiger partial charge in [-0.15, -0.1) is 0 Å². The lowest BCUT2D eigenvalue weighted by Gasteiger charge is -2.17. The van der Waals surface area contributed by atoms with Gasteiger partial charge in [-0.2, -0.15) is 0 Å². The minimum absolute atomic E-state index is 0.605. The Morgan fingerprint density at radius 2 is 1.69 bits per heavy atom. The summed E-state index contributed by atoms with van der Waals surface area (Å²) in [6, 6.07) is 0. The minimum atomic E-state index is -3.24. The lowest BCUT2D eigenvalue weighted by Crippen LogP contribution is -2.25. The third-order valence-corrected chi connectivity index (χ3v) is 4.88. The highest BCUT2D eigenvalue weighted by Crippen LogP contribution is 2.27. The third kappa shape index (κ3) is 2.30. The van der Waals surface area contributed by atoms with Crippen LogP contribution in [0.25, 0.3) is 0 Å². The average Bonchev–Trinajstić information content (AvgIpc) is 2.42. The smallest absolute Gasteiger partial charge is 0.152 e. The summed E-state index contributed by atoms with van der Waals surface area (Å²) in [5, 5.41) is 9.23. The number of hydrogen-bond acceptors (Lipinski definition) is 3. The molecule has 0 aliphatic carbocycles. The number of aromatic nitrogens is 1. The lowest BCUT2D eigenvalue weighted by atomic mass is 10.1. The standard InChI is InChI=1S/C11H19NO3S/c1-6-7(2)10(12-8(6)3)11(13)9(4)16(5,14)15/h9,11-13H,1-5H3. The van der Waals surface area contributed by atoms with Gasteiger partial charge in [0.15, 0.2) is 9.84 Å². The van der Waals surface area contributed by atoms with Gasteiger partial charge in [-0.05, 0) is 38.8 Å². The van der Waals surface area contributed by atoms with Crippen LogP contribution in [0.3, 0.4) is 0 Å². The Bertz CT molecular complexity index is 488. The Kier molecular flexibility index (Phi) is 3.50. The number of aliphatic hydroxyl groups is 1. The molecule has 1 rings (SSSR count). The maximum absolute atomic E-state index is 11.4. The Morgan fingerprint density at radius 1 is 1.19 bits per heavy atom. The summed E-state index contributed by atoms with van der Waals surface area (Å²) in [5.74, 6) is 0. The van der Waals surface area contributed by atoms with Crippen molar-refractivity contribution in [2.75, 3.05) is 6.26 Å². The second kappa shape index (κ2) is 4.22. The second-order valence-corrected chi connectivity index (χ2v) is 6.80. The van der Waals surface area contributed by atoms with E-state index in [0.29, 0.717) is 5.69 Å². The first-order chi connectivity index (χ1) is 7.16. The predicted octanol–water partition coefficient (Wildman–Crippen LogP) is 1.41. The van der Waals surface area contributed by atoms with Crippen molar-refractivity contribution in [2.45, 2.75) is 39.0 Å². The number of aryl methyl sites for hydroxylation is 1. The summed E-state index contributed by atoms with van der Waals surface area (Å²) < 4.78 is 22.8. The highest BCUT2D eigenvalue weighted by Gasteiger charge is 2.28. The van der Waals surface area contributed by atoms with E-state index in [1.165, 1.54) is 6.92 Å². The molecule has 2 atom stereocenters. The Labute approximate surface area is 96.6 Å². The molecule has 0 saturated heterocycles. The number of aromatic amines is 1. The first-order valence-corrected chi connectivity index (χ1v) is 7.14. The van der Waals surface area contributed by atoms with Gasteiger partial charge in [0.1, 0.15) is 6.10 Å². The van der Waals surface area contributed by atoms with E-state index in [1.807, 2.05) is 20.8 Å². The maximum atomic E-state index is 11.4. The number of hydrogen-bond donors (Lipinski definition) is 2. The molecule has 1 aromatic heterocycles. The molecule has 16 heavy (non-hydrogen) atoms. The van der Waals surface area contributed by atoms with Gasteiger partial charge in [-0.3, -0.25) is 0 Å². The Morgan fingerprint density at radius 3 is 2.00 bits per heavy atom. The van der Waals surface area contributed by atoms with Crippen molar-refractivity contribution >= 4 is 9.84 Å². The number of rotatable bonds is 3. The van der Waals surface area contributed by atoms with E-state index in [-0.39, 0.29) is 0 Å². The summed E-state index contributed by atoms with van der Waals surface area (Å²) in [7, 11) is -3.24. The van der Waals surface area contributed by atoms with Crippen LogP contribution in [-0.2, 0) is 9.84 Å². The zero-order valence-corrected chi connectivity index (χ0v) is 11.1. The fourth-order valence-electron chi connectivity index (χ4n) is 1.64. The molecule has 92 valence electrons. The molecule has 4 nitrogen and oxygen atoms in total. The van der Waals surface area contributed by atoms with Gasteiger partial charge >= 0.3 is 0 Å². The molecule has 0 radical (unpaired) electrons. The first-order valence-electron chi connectivity index (χ1n) is 5.18. The molecular formula is C11H19NO3S. The lowest BCUT2D eigenvalue weighted by molar-refractivity contribution is 0.171. The van der Waals surface area contributed by atoms with Crippen molar-refractivity contribution in [2.24, 2.45) is 0 Å². The van der Waals surface area contributed by atoms with Crippen LogP contribution in [0.4, 0.5) is 0 Å². The van der Waals surface area contributed by atoms with E-state index in [2.05, 4.69) is 4.98 Å². The van der Waals surface area contributed by atoms with Crippen molar-refractivity contribution < 1.29 is 13.5 Å². The van der Waals surface area contributed by atoms with Crippen LogP contribution >= 0.6 is 0 Å². The summed E-state index contributed by atoms with van der Waals surface area (Å²) in [6.45, 7) is 7.25. The fraction of sp³-hybridized carbons (Fsp3) is 0.636. The van der Waals surface area contributed by atoms with E-state index in [9.17, 15) is 13.5 Å². The van der Waals surface area contributed by atoms with E-state index >= 15 is 0 Å². The van der Waals surface area contributed by atoms with E-state index in [4.69, 9.17) is 0 Å². The number of sulfone groups is 1. The molecule has 0 aliphatic heterocycles. The van der Waals surface area contributed by atoms with Crippen LogP contribution in [0.5, 0.6) is 0 Å². The van der Waals surface area contributed by atoms with Crippen LogP contribution in [0.1, 0.15) is 35.5 Å². The molecule has 0 aliphatic rings. The highest BCUT2D eigenvalue weighted by atomic mass is 32.2. The monoisotopic (exact) mass is 245 g/mol. The zero-order chi connectivity index (χ0) is 12.7. The molecular weight excluding hydrogens is 226 g/mol. The average molecular weight is 245 g/mol. The maximum Gasteiger partial charge on any atom is 0.152 e. The fourth-order valence-corrected chi connectivity index (χ4v) is 2.24. The van der Waals surface area contributed by atoms with Crippen molar-refractivity contribution in [3.8, 4) is 0 Å². The number of aliphatic hydroxyl groups excluding tert-OH is 1. The summed E-state index contributed by atoms with van der Waals surface area (Å²) in [4.78, 5) is 3.05. The van der Waals surface area contributed by atoms with Gasteiger partial charge in [0.25, 0.3) is 0 Å². The van der Waals surface area contributed by atoms with E-state index in [1.54, 1.807) is 0 Å². The molecule has 2 N–H and O–H groups in total. The van der Waals surface area contributed by atoms with Crippen molar-refractivity contribution in [1.29, 1.82) is 0 Å². The Balaban J connectivity index is 3.15. The van der Waals surface area contributed by atoms with Gasteiger partial charge in [-0.25, -0.2) is 8.42 Å². The number of nitrogens with one attached hydrogen (secondary N) is 1. The molecule has 0 saturated carbocycles. The van der Waals surface area contributed by atoms with Gasteiger partial charge in [0.05, 0.1) is 5.25 Å². The summed E-state index contributed by atoms with van der Waals surface area (Å²) in [5.41, 5.74) is 3.57. The molecule has 2 unspecified atom stereocenters. The molecule has 0 spiro atoms. The van der Waals surface area contributed by atoms with Gasteiger partial charge in [-0.1, -0.05) is 0 Å². The van der Waals surface area contributed by atoms with Gasteiger partial charge in [0, 0.05) is 17.6 Å². The molecule has 5 heteroatoms. The van der Waals surface area contributed by atoms with Crippen LogP contribution in [0.15, 0.2) is 0 Å². The minimum Gasteiger partial charge on any atom is -0.386 e. The van der Waals surface area contributed by atoms with Crippen LogP contribution < -0.4 is 0 Å². The van der Waals surface area contributed by atoms with Gasteiger partial charge in [0.2, 0.25) is 0 Å². The zero-order valence-electron chi connectivity index (χ0n) is 10.3. The summed E-state index contributed by atoms with van der Waals surface area (Å²) in [6.07, 6.45) is 0.140. The quantitative estimate of drug-likeness (QED) is 0.845. The predicted molar refractivity (Wildman–Crippen MR) is 64.3 cm³/mol. The molecule has 0 bridgehead atoms. The highest BCUT2D eigenvalue weighted by molar-refractivity contribution is 7.91. The SMILES string of the molecule is Cc1[nH]c(C(O)C(C)S(C)(=O)=O)c(C)c1C. The molecule has 1 heterocycles. The van der Waals surface area contributed by atoms with Crippen LogP contribution in [-0.4, -0.2) is 30.0 Å². The van der Waals surface area contributed by atoms with E-state index in [0.717, 1.165) is 23.1 Å². The molecule has 0 aromatic carbocycles. The topological polar surface area (TPSA) is 70.2 Å². The summed E-state index contributed by atoms with van der Waals surface area (Å²) >= 11 is 0. The second-order valence-electron chi connectivity index (χ2n) is 4.39. The van der Waals surface area contributed by atoms with Crippen molar-refractivity contribution in [3.63, 3.8) is 0 Å². The first kappa shape index (κ1) is 13.3. The Hall–Kier alpha value is -0.810. The van der Waals surface area contributed by atoms with Crippen molar-refractivity contribution in [1.82, 2.24) is 4.98 Å². The largest absolute Gasteiger partial charge is 0.386 e. The molecule has 0 amide bonds. The normalized spacial score (nSPS) is 16.1. The molecule has 0 fully saturated rings. The van der Waals surface area contributed by atoms with Crippen LogP contribution in [0.2, 0.25) is 0 Å². The van der Waals surface area contributed by atoms with E-state index < -0.39 is 21.2 Å². The molecule has 1 aromatic rings. The third-order valence-electron chi connectivity index (χ3n) is 3.27.